The van der Waals surface area contributed by atoms with E-state index in [2.05, 4.69) is 15.9 Å². The fourth-order valence-corrected chi connectivity index (χ4v) is 3.11. The Balaban J connectivity index is 1.76. The molecule has 1 fully saturated rings. The molecule has 0 N–H and O–H groups in total. The van der Waals surface area contributed by atoms with Crippen LogP contribution in [0.15, 0.2) is 53.0 Å². The zero-order chi connectivity index (χ0) is 18.7. The fourth-order valence-electron chi connectivity index (χ4n) is 2.63. The van der Waals surface area contributed by atoms with Crippen LogP contribution in [0.4, 0.5) is 10.5 Å². The molecule has 2 aromatic rings. The zero-order valence-electron chi connectivity index (χ0n) is 15.4. The summed E-state index contributed by atoms with van der Waals surface area (Å²) in [5, 5.41) is 0. The summed E-state index contributed by atoms with van der Waals surface area (Å²) in [6.07, 6.45) is 1.69. The van der Waals surface area contributed by atoms with E-state index >= 15 is 0 Å². The predicted molar refractivity (Wildman–Crippen MR) is 107 cm³/mol. The van der Waals surface area contributed by atoms with E-state index < -0.39 is 5.54 Å². The monoisotopic (exact) mass is 417 g/mol. The van der Waals surface area contributed by atoms with Crippen molar-refractivity contribution in [2.45, 2.75) is 51.9 Å². The van der Waals surface area contributed by atoms with Crippen LogP contribution in [0, 0.1) is 0 Å². The van der Waals surface area contributed by atoms with Gasteiger partial charge in [0.05, 0.1) is 4.47 Å². The number of hydrogen-bond acceptors (Lipinski definition) is 3. The lowest BCUT2D eigenvalue weighted by Gasteiger charge is -2.35. The molecule has 0 radical (unpaired) electrons. The number of carbonyl (C=O) groups is 1. The van der Waals surface area contributed by atoms with Crippen LogP contribution < -0.4 is 9.64 Å². The lowest BCUT2D eigenvalue weighted by molar-refractivity contribution is 0.141. The van der Waals surface area contributed by atoms with Gasteiger partial charge in [0, 0.05) is 11.2 Å². The maximum absolute atomic E-state index is 12.6. The molecule has 0 aliphatic heterocycles. The number of hydrogen-bond donors (Lipinski definition) is 0. The molecule has 0 unspecified atom stereocenters. The van der Waals surface area contributed by atoms with E-state index in [4.69, 9.17) is 9.47 Å². The van der Waals surface area contributed by atoms with Crippen molar-refractivity contribution >= 4 is 27.7 Å². The number of anilines is 1. The van der Waals surface area contributed by atoms with Crippen LogP contribution in [0.3, 0.4) is 0 Å². The van der Waals surface area contributed by atoms with E-state index in [-0.39, 0.29) is 12.2 Å². The maximum Gasteiger partial charge on any atom is 0.415 e. The SMILES string of the molecule is CC(C)(C)N(C(=O)OC1CC1)c1ccc(OCc2ccccc2)c(Br)c1. The van der Waals surface area contributed by atoms with Gasteiger partial charge < -0.3 is 9.47 Å². The minimum absolute atomic E-state index is 0.0734. The molecule has 0 heterocycles. The summed E-state index contributed by atoms with van der Waals surface area (Å²) in [5.74, 6) is 0.738. The van der Waals surface area contributed by atoms with Crippen molar-refractivity contribution in [3.8, 4) is 5.75 Å². The van der Waals surface area contributed by atoms with Gasteiger partial charge in [0.2, 0.25) is 0 Å². The van der Waals surface area contributed by atoms with Gasteiger partial charge in [0.25, 0.3) is 0 Å². The second kappa shape index (κ2) is 7.70. The molecule has 5 heteroatoms. The molecule has 138 valence electrons. The van der Waals surface area contributed by atoms with Gasteiger partial charge >= 0.3 is 6.09 Å². The minimum Gasteiger partial charge on any atom is -0.488 e. The number of nitrogens with zero attached hydrogens (tertiary/aromatic N) is 1. The Labute approximate surface area is 163 Å². The van der Waals surface area contributed by atoms with Gasteiger partial charge in [-0.2, -0.15) is 0 Å². The molecular weight excluding hydrogens is 394 g/mol. The molecule has 0 saturated heterocycles. The van der Waals surface area contributed by atoms with Crippen molar-refractivity contribution < 1.29 is 14.3 Å². The van der Waals surface area contributed by atoms with Crippen molar-refractivity contribution in [1.29, 1.82) is 0 Å². The minimum atomic E-state index is -0.391. The fraction of sp³-hybridized carbons (Fsp3) is 0.381. The van der Waals surface area contributed by atoms with E-state index in [1.807, 2.05) is 69.3 Å². The number of halogens is 1. The van der Waals surface area contributed by atoms with Crippen LogP contribution in [-0.4, -0.2) is 17.7 Å². The van der Waals surface area contributed by atoms with E-state index in [1.165, 1.54) is 0 Å². The summed E-state index contributed by atoms with van der Waals surface area (Å²) in [7, 11) is 0. The van der Waals surface area contributed by atoms with Crippen LogP contribution in [0.5, 0.6) is 5.75 Å². The van der Waals surface area contributed by atoms with Crippen molar-refractivity contribution in [3.63, 3.8) is 0 Å². The number of amides is 1. The third-order valence-electron chi connectivity index (χ3n) is 4.06. The average Bonchev–Trinajstić information content (AvgIpc) is 3.38. The quantitative estimate of drug-likeness (QED) is 0.604. The molecule has 0 aromatic heterocycles. The van der Waals surface area contributed by atoms with Gasteiger partial charge in [-0.15, -0.1) is 0 Å². The molecule has 1 aliphatic carbocycles. The smallest absolute Gasteiger partial charge is 0.415 e. The average molecular weight is 418 g/mol. The van der Waals surface area contributed by atoms with Crippen molar-refractivity contribution in [2.75, 3.05) is 4.90 Å². The van der Waals surface area contributed by atoms with Crippen LogP contribution in [0.1, 0.15) is 39.2 Å². The molecule has 0 atom stereocenters. The standard InChI is InChI=1S/C21H24BrNO3/c1-21(2,3)23(20(24)26-17-10-11-17)16-9-12-19(18(22)13-16)25-14-15-7-5-4-6-8-15/h4-9,12-13,17H,10-11,14H2,1-3H3. The number of ether oxygens (including phenoxy) is 2. The predicted octanol–water partition coefficient (Wildman–Crippen LogP) is 5.93. The molecular formula is C21H24BrNO3. The molecule has 3 rings (SSSR count). The molecule has 0 bridgehead atoms. The van der Waals surface area contributed by atoms with Gasteiger partial charge in [0.15, 0.2) is 0 Å². The lowest BCUT2D eigenvalue weighted by Crippen LogP contribution is -2.46. The normalized spacial score (nSPS) is 14.0. The summed E-state index contributed by atoms with van der Waals surface area (Å²) >= 11 is 3.56. The van der Waals surface area contributed by atoms with Gasteiger partial charge in [0.1, 0.15) is 18.5 Å². The first kappa shape index (κ1) is 18.8. The topological polar surface area (TPSA) is 38.8 Å². The second-order valence-corrected chi connectivity index (χ2v) is 8.33. The van der Waals surface area contributed by atoms with Gasteiger partial charge in [-0.3, -0.25) is 4.90 Å². The zero-order valence-corrected chi connectivity index (χ0v) is 17.0. The molecule has 4 nitrogen and oxygen atoms in total. The molecule has 26 heavy (non-hydrogen) atoms. The summed E-state index contributed by atoms with van der Waals surface area (Å²) in [6, 6.07) is 15.7. The highest BCUT2D eigenvalue weighted by atomic mass is 79.9. The lowest BCUT2D eigenvalue weighted by atomic mass is 10.1. The highest BCUT2D eigenvalue weighted by molar-refractivity contribution is 9.10. The van der Waals surface area contributed by atoms with Crippen molar-refractivity contribution in [2.24, 2.45) is 0 Å². The Morgan fingerprint density at radius 2 is 1.85 bits per heavy atom. The first-order valence-corrected chi connectivity index (χ1v) is 9.61. The largest absolute Gasteiger partial charge is 0.488 e. The summed E-state index contributed by atoms with van der Waals surface area (Å²) in [5.41, 5.74) is 1.49. The molecule has 1 saturated carbocycles. The summed E-state index contributed by atoms with van der Waals surface area (Å²) < 4.78 is 12.2. The summed E-state index contributed by atoms with van der Waals surface area (Å²) in [6.45, 7) is 6.48. The van der Waals surface area contributed by atoms with E-state index in [1.54, 1.807) is 4.90 Å². The molecule has 2 aromatic carbocycles. The molecule has 1 aliphatic rings. The maximum atomic E-state index is 12.6. The first-order chi connectivity index (χ1) is 12.3. The van der Waals surface area contributed by atoms with Crippen LogP contribution in [-0.2, 0) is 11.3 Å². The van der Waals surface area contributed by atoms with Crippen molar-refractivity contribution in [1.82, 2.24) is 0 Å². The number of benzene rings is 2. The Hall–Kier alpha value is -2.01. The Bertz CT molecular complexity index is 767. The van der Waals surface area contributed by atoms with E-state index in [0.29, 0.717) is 6.61 Å². The van der Waals surface area contributed by atoms with Crippen molar-refractivity contribution in [3.05, 3.63) is 58.6 Å². The van der Waals surface area contributed by atoms with Gasteiger partial charge in [-0.05, 0) is 73.3 Å². The van der Waals surface area contributed by atoms with Crippen LogP contribution >= 0.6 is 15.9 Å². The van der Waals surface area contributed by atoms with Crippen LogP contribution in [0.2, 0.25) is 0 Å². The Morgan fingerprint density at radius 1 is 1.15 bits per heavy atom. The van der Waals surface area contributed by atoms with Gasteiger partial charge in [-0.1, -0.05) is 30.3 Å². The number of rotatable bonds is 5. The molecule has 1 amide bonds. The summed E-state index contributed by atoms with van der Waals surface area (Å²) in [4.78, 5) is 14.3. The highest BCUT2D eigenvalue weighted by Crippen LogP contribution is 2.34. The van der Waals surface area contributed by atoms with E-state index in [0.717, 1.165) is 34.3 Å². The Morgan fingerprint density at radius 3 is 2.42 bits per heavy atom. The molecule has 0 spiro atoms. The third kappa shape index (κ3) is 4.79. The first-order valence-electron chi connectivity index (χ1n) is 8.82. The van der Waals surface area contributed by atoms with Gasteiger partial charge in [-0.25, -0.2) is 4.79 Å². The third-order valence-corrected chi connectivity index (χ3v) is 4.68. The number of carbonyl (C=O) groups excluding carboxylic acids is 1. The van der Waals surface area contributed by atoms with Crippen LogP contribution in [0.25, 0.3) is 0 Å². The van der Waals surface area contributed by atoms with E-state index in [9.17, 15) is 4.79 Å². The second-order valence-electron chi connectivity index (χ2n) is 7.48. The Kier molecular flexibility index (Phi) is 5.56. The highest BCUT2D eigenvalue weighted by Gasteiger charge is 2.34.